The normalized spacial score (nSPS) is 10.6. The maximum absolute atomic E-state index is 6.25. The number of hydrogen-bond donors (Lipinski definition) is 1. The molecular weight excluding hydrogens is 318 g/mol. The predicted octanol–water partition coefficient (Wildman–Crippen LogP) is 3.15. The number of hydrogen-bond acceptors (Lipinski definition) is 6. The molecule has 1 aromatic carbocycles. The van der Waals surface area contributed by atoms with E-state index in [1.165, 1.54) is 0 Å². The van der Waals surface area contributed by atoms with Crippen molar-refractivity contribution >= 4 is 17.5 Å². The van der Waals surface area contributed by atoms with E-state index in [9.17, 15) is 0 Å². The monoisotopic (exact) mass is 339 g/mol. The number of nitrogens with one attached hydrogen (secondary N) is 1. The average molecular weight is 340 g/mol. The van der Waals surface area contributed by atoms with Crippen LogP contribution in [-0.4, -0.2) is 33.9 Å². The Morgan fingerprint density at radius 1 is 1.30 bits per heavy atom. The van der Waals surface area contributed by atoms with Crippen LogP contribution in [0.2, 0.25) is 5.02 Å². The van der Waals surface area contributed by atoms with Crippen LogP contribution >= 0.6 is 11.6 Å². The van der Waals surface area contributed by atoms with Crippen molar-refractivity contribution < 1.29 is 9.47 Å². The highest BCUT2D eigenvalue weighted by molar-refractivity contribution is 6.32. The standard InChI is InChI=1S/C15H22ClN5O2/c1-4-6-7-21-15(18-19-20-21)17-10-11-8-12(16)14(22-3)13(9-11)23-5-2/h8-9H,4-7,10H2,1-3H3,(H,17,18,20). The number of aryl methyl sites for hydroxylation is 1. The lowest BCUT2D eigenvalue weighted by Crippen LogP contribution is -2.09. The molecule has 2 rings (SSSR count). The molecule has 0 saturated heterocycles. The minimum atomic E-state index is 0.515. The van der Waals surface area contributed by atoms with Crippen LogP contribution in [0.25, 0.3) is 0 Å². The Kier molecular flexibility index (Phi) is 6.46. The average Bonchev–Trinajstić information content (AvgIpc) is 2.98. The van der Waals surface area contributed by atoms with Crippen LogP contribution in [0, 0.1) is 0 Å². The molecule has 7 nitrogen and oxygen atoms in total. The molecule has 2 aromatic rings. The number of aromatic nitrogens is 4. The number of nitrogens with zero attached hydrogens (tertiary/aromatic N) is 4. The Bertz CT molecular complexity index is 632. The molecule has 0 spiro atoms. The fraction of sp³-hybridized carbons (Fsp3) is 0.533. The fourth-order valence-corrected chi connectivity index (χ4v) is 2.47. The van der Waals surface area contributed by atoms with Crippen molar-refractivity contribution in [2.45, 2.75) is 39.8 Å². The van der Waals surface area contributed by atoms with Gasteiger partial charge in [0.1, 0.15) is 0 Å². The number of anilines is 1. The smallest absolute Gasteiger partial charge is 0.243 e. The maximum Gasteiger partial charge on any atom is 0.243 e. The van der Waals surface area contributed by atoms with Crippen molar-refractivity contribution in [2.75, 3.05) is 19.0 Å². The van der Waals surface area contributed by atoms with Crippen molar-refractivity contribution in [1.29, 1.82) is 0 Å². The molecule has 0 bridgehead atoms. The van der Waals surface area contributed by atoms with Gasteiger partial charge >= 0.3 is 0 Å². The van der Waals surface area contributed by atoms with Gasteiger partial charge in [-0.05, 0) is 41.5 Å². The van der Waals surface area contributed by atoms with E-state index in [0.29, 0.717) is 35.6 Å². The third kappa shape index (κ3) is 4.48. The minimum absolute atomic E-state index is 0.515. The predicted molar refractivity (Wildman–Crippen MR) is 89.2 cm³/mol. The first-order chi connectivity index (χ1) is 11.2. The minimum Gasteiger partial charge on any atom is -0.491 e. The van der Waals surface area contributed by atoms with E-state index >= 15 is 0 Å². The third-order valence-corrected chi connectivity index (χ3v) is 3.56. The number of methoxy groups -OCH3 is 1. The summed E-state index contributed by atoms with van der Waals surface area (Å²) in [4.78, 5) is 0. The molecule has 0 aliphatic carbocycles. The lowest BCUT2D eigenvalue weighted by Gasteiger charge is -2.13. The highest BCUT2D eigenvalue weighted by Crippen LogP contribution is 2.36. The summed E-state index contributed by atoms with van der Waals surface area (Å²) in [6, 6.07) is 3.75. The first kappa shape index (κ1) is 17.3. The van der Waals surface area contributed by atoms with Gasteiger partial charge in [-0.15, -0.1) is 0 Å². The summed E-state index contributed by atoms with van der Waals surface area (Å²) >= 11 is 6.25. The molecule has 1 N–H and O–H groups in total. The first-order valence-corrected chi connectivity index (χ1v) is 8.06. The fourth-order valence-electron chi connectivity index (χ4n) is 2.16. The zero-order chi connectivity index (χ0) is 16.7. The number of tetrazole rings is 1. The van der Waals surface area contributed by atoms with Gasteiger partial charge in [-0.25, -0.2) is 4.68 Å². The molecule has 0 saturated carbocycles. The number of ether oxygens (including phenoxy) is 2. The first-order valence-electron chi connectivity index (χ1n) is 7.68. The van der Waals surface area contributed by atoms with Gasteiger partial charge in [0.05, 0.1) is 18.7 Å². The summed E-state index contributed by atoms with van der Waals surface area (Å²) in [5.74, 6) is 1.82. The molecule has 1 aromatic heterocycles. The van der Waals surface area contributed by atoms with Crippen molar-refractivity contribution in [1.82, 2.24) is 20.2 Å². The second kappa shape index (κ2) is 8.57. The summed E-state index contributed by atoms with van der Waals surface area (Å²) in [5.41, 5.74) is 0.962. The van der Waals surface area contributed by atoms with Gasteiger partial charge in [0.15, 0.2) is 11.5 Å². The quantitative estimate of drug-likeness (QED) is 0.756. The van der Waals surface area contributed by atoms with Crippen molar-refractivity contribution in [3.8, 4) is 11.5 Å². The summed E-state index contributed by atoms with van der Waals surface area (Å²) in [6.45, 7) is 5.92. The van der Waals surface area contributed by atoms with Gasteiger partial charge in [0.2, 0.25) is 5.95 Å². The second-order valence-electron chi connectivity index (χ2n) is 4.97. The Morgan fingerprint density at radius 3 is 2.83 bits per heavy atom. The lowest BCUT2D eigenvalue weighted by molar-refractivity contribution is 0.310. The van der Waals surface area contributed by atoms with Gasteiger partial charge in [0.25, 0.3) is 0 Å². The Balaban J connectivity index is 2.10. The molecule has 8 heteroatoms. The second-order valence-corrected chi connectivity index (χ2v) is 5.38. The van der Waals surface area contributed by atoms with E-state index < -0.39 is 0 Å². The molecule has 23 heavy (non-hydrogen) atoms. The summed E-state index contributed by atoms with van der Waals surface area (Å²) in [7, 11) is 1.57. The molecule has 126 valence electrons. The van der Waals surface area contributed by atoms with Gasteiger partial charge in [-0.2, -0.15) is 0 Å². The molecule has 0 radical (unpaired) electrons. The van der Waals surface area contributed by atoms with E-state index in [1.807, 2.05) is 19.1 Å². The van der Waals surface area contributed by atoms with Crippen LogP contribution in [-0.2, 0) is 13.1 Å². The Labute approximate surface area is 140 Å². The zero-order valence-corrected chi connectivity index (χ0v) is 14.4. The van der Waals surface area contributed by atoms with E-state index in [-0.39, 0.29) is 0 Å². The molecule has 0 unspecified atom stereocenters. The molecule has 0 amide bonds. The summed E-state index contributed by atoms with van der Waals surface area (Å²) < 4.78 is 12.6. The van der Waals surface area contributed by atoms with Gasteiger partial charge in [-0.3, -0.25) is 0 Å². The SMILES string of the molecule is CCCCn1nnnc1NCc1cc(Cl)c(OC)c(OCC)c1. The number of unbranched alkanes of at least 4 members (excludes halogenated alkanes) is 1. The lowest BCUT2D eigenvalue weighted by atomic mass is 10.2. The van der Waals surface area contributed by atoms with Gasteiger partial charge in [0, 0.05) is 13.1 Å². The maximum atomic E-state index is 6.25. The zero-order valence-electron chi connectivity index (χ0n) is 13.7. The molecule has 0 fully saturated rings. The van der Waals surface area contributed by atoms with Crippen molar-refractivity contribution in [2.24, 2.45) is 0 Å². The van der Waals surface area contributed by atoms with Crippen LogP contribution in [0.5, 0.6) is 11.5 Å². The van der Waals surface area contributed by atoms with Gasteiger partial charge < -0.3 is 14.8 Å². The van der Waals surface area contributed by atoms with E-state index in [2.05, 4.69) is 27.8 Å². The van der Waals surface area contributed by atoms with Crippen LogP contribution in [0.4, 0.5) is 5.95 Å². The van der Waals surface area contributed by atoms with Crippen LogP contribution in [0.1, 0.15) is 32.3 Å². The van der Waals surface area contributed by atoms with Crippen molar-refractivity contribution in [3.05, 3.63) is 22.7 Å². The molecule has 0 atom stereocenters. The molecule has 0 aliphatic rings. The summed E-state index contributed by atoms with van der Waals surface area (Å²) in [6.07, 6.45) is 2.12. The summed E-state index contributed by atoms with van der Waals surface area (Å²) in [5, 5.41) is 15.4. The largest absolute Gasteiger partial charge is 0.491 e. The third-order valence-electron chi connectivity index (χ3n) is 3.28. The molecule has 0 aliphatic heterocycles. The molecule has 1 heterocycles. The highest BCUT2D eigenvalue weighted by Gasteiger charge is 2.12. The van der Waals surface area contributed by atoms with Crippen LogP contribution in [0.3, 0.4) is 0 Å². The highest BCUT2D eigenvalue weighted by atomic mass is 35.5. The van der Waals surface area contributed by atoms with E-state index in [4.69, 9.17) is 21.1 Å². The number of halogens is 1. The Morgan fingerprint density at radius 2 is 2.13 bits per heavy atom. The van der Waals surface area contributed by atoms with E-state index in [1.54, 1.807) is 11.8 Å². The van der Waals surface area contributed by atoms with Crippen LogP contribution in [0.15, 0.2) is 12.1 Å². The molecular formula is C15H22ClN5O2. The topological polar surface area (TPSA) is 74.1 Å². The Hall–Kier alpha value is -2.02. The number of benzene rings is 1. The van der Waals surface area contributed by atoms with Crippen LogP contribution < -0.4 is 14.8 Å². The van der Waals surface area contributed by atoms with Gasteiger partial charge in [-0.1, -0.05) is 30.0 Å². The number of rotatable bonds is 9. The van der Waals surface area contributed by atoms with Crippen molar-refractivity contribution in [3.63, 3.8) is 0 Å². The van der Waals surface area contributed by atoms with E-state index in [0.717, 1.165) is 24.9 Å².